The first-order chi connectivity index (χ1) is 7.39. The summed E-state index contributed by atoms with van der Waals surface area (Å²) in [6.07, 6.45) is 0. The number of anilines is 1. The Morgan fingerprint density at radius 2 is 2.19 bits per heavy atom. The van der Waals surface area contributed by atoms with Crippen molar-refractivity contribution in [2.45, 2.75) is 12.5 Å². The summed E-state index contributed by atoms with van der Waals surface area (Å²) in [5.74, 6) is 0. The first-order valence-electron chi connectivity index (χ1n) is 4.80. The van der Waals surface area contributed by atoms with E-state index >= 15 is 0 Å². The molecule has 5 nitrogen and oxygen atoms in total. The van der Waals surface area contributed by atoms with Gasteiger partial charge >= 0.3 is 0 Å². The molecule has 0 atom stereocenters. The highest BCUT2D eigenvalue weighted by atomic mass is 127. The minimum atomic E-state index is -0.725. The fraction of sp³-hybridized carbons (Fsp3) is 0.400. The molecule has 0 bridgehead atoms. The molecule has 2 rings (SSSR count). The maximum absolute atomic E-state index is 10.9. The number of hydrogen-bond donors (Lipinski definition) is 1. The molecule has 16 heavy (non-hydrogen) atoms. The summed E-state index contributed by atoms with van der Waals surface area (Å²) in [6.45, 7) is 2.60. The quantitative estimate of drug-likeness (QED) is 0.509. The molecule has 1 N–H and O–H groups in total. The molecule has 1 aliphatic heterocycles. The Kier molecular flexibility index (Phi) is 2.79. The second-order valence-corrected chi connectivity index (χ2v) is 5.49. The predicted octanol–water partition coefficient (Wildman–Crippen LogP) is 1.77. The molecule has 0 aliphatic carbocycles. The number of nitro groups is 1. The van der Waals surface area contributed by atoms with Crippen molar-refractivity contribution >= 4 is 34.0 Å². The van der Waals surface area contributed by atoms with Crippen LogP contribution in [-0.2, 0) is 0 Å². The van der Waals surface area contributed by atoms with Crippen molar-refractivity contribution in [1.29, 1.82) is 0 Å². The maximum Gasteiger partial charge on any atom is 0.293 e. The van der Waals surface area contributed by atoms with Gasteiger partial charge in [-0.3, -0.25) is 10.1 Å². The van der Waals surface area contributed by atoms with Crippen LogP contribution in [0.3, 0.4) is 0 Å². The van der Waals surface area contributed by atoms with E-state index in [4.69, 9.17) is 0 Å². The topological polar surface area (TPSA) is 66.6 Å². The number of benzene rings is 1. The standard InChI is InChI=1S/C10H11IN2O3/c1-10(14)5-12(6-10)8-3-2-7(11)4-9(8)13(15)16/h2-4,14H,5-6H2,1H3. The van der Waals surface area contributed by atoms with Gasteiger partial charge in [-0.05, 0) is 41.6 Å². The van der Waals surface area contributed by atoms with Gasteiger partial charge in [0, 0.05) is 22.7 Å². The lowest BCUT2D eigenvalue weighted by molar-refractivity contribution is -0.384. The number of nitrogens with zero attached hydrogens (tertiary/aromatic N) is 2. The molecular weight excluding hydrogens is 323 g/mol. The zero-order chi connectivity index (χ0) is 11.9. The lowest BCUT2D eigenvalue weighted by Crippen LogP contribution is -2.60. The van der Waals surface area contributed by atoms with Crippen LogP contribution >= 0.6 is 22.6 Å². The average Bonchev–Trinajstić information content (AvgIpc) is 2.14. The Balaban J connectivity index is 2.31. The Bertz CT molecular complexity index is 440. The van der Waals surface area contributed by atoms with E-state index in [1.807, 2.05) is 33.6 Å². The lowest BCUT2D eigenvalue weighted by atomic mass is 9.96. The van der Waals surface area contributed by atoms with E-state index in [1.54, 1.807) is 19.1 Å². The van der Waals surface area contributed by atoms with Crippen molar-refractivity contribution in [2.75, 3.05) is 18.0 Å². The molecule has 1 aromatic carbocycles. The molecule has 1 heterocycles. The summed E-state index contributed by atoms with van der Waals surface area (Å²) in [5, 5.41) is 20.5. The van der Waals surface area contributed by atoms with Crippen LogP contribution in [0, 0.1) is 13.7 Å². The van der Waals surface area contributed by atoms with Crippen LogP contribution in [0.15, 0.2) is 18.2 Å². The molecule has 0 spiro atoms. The second kappa shape index (κ2) is 3.85. The average molecular weight is 334 g/mol. The van der Waals surface area contributed by atoms with Gasteiger partial charge in [-0.2, -0.15) is 0 Å². The van der Waals surface area contributed by atoms with Gasteiger partial charge < -0.3 is 10.0 Å². The summed E-state index contributed by atoms with van der Waals surface area (Å²) in [5.41, 5.74) is -0.0454. The molecule has 0 radical (unpaired) electrons. The van der Waals surface area contributed by atoms with Gasteiger partial charge in [0.1, 0.15) is 5.69 Å². The highest BCUT2D eigenvalue weighted by molar-refractivity contribution is 14.1. The third-order valence-corrected chi connectivity index (χ3v) is 3.21. The van der Waals surface area contributed by atoms with Crippen LogP contribution in [0.25, 0.3) is 0 Å². The van der Waals surface area contributed by atoms with Gasteiger partial charge in [0.25, 0.3) is 5.69 Å². The predicted molar refractivity (Wildman–Crippen MR) is 68.7 cm³/mol. The van der Waals surface area contributed by atoms with E-state index in [2.05, 4.69) is 0 Å². The summed E-state index contributed by atoms with van der Waals surface area (Å²) < 4.78 is 0.834. The molecular formula is C10H11IN2O3. The van der Waals surface area contributed by atoms with Crippen LogP contribution in [0.5, 0.6) is 0 Å². The zero-order valence-corrected chi connectivity index (χ0v) is 10.8. The number of hydrogen-bond acceptors (Lipinski definition) is 4. The van der Waals surface area contributed by atoms with Crippen molar-refractivity contribution in [3.8, 4) is 0 Å². The number of β-amino-alcohol motifs (C(OH)–C–C–N with tert-alkyl or cyclic N) is 1. The molecule has 0 aromatic heterocycles. The molecule has 1 saturated heterocycles. The number of aliphatic hydroxyl groups is 1. The summed E-state index contributed by atoms with van der Waals surface area (Å²) in [4.78, 5) is 12.3. The molecule has 86 valence electrons. The van der Waals surface area contributed by atoms with E-state index in [-0.39, 0.29) is 10.6 Å². The SMILES string of the molecule is CC1(O)CN(c2ccc(I)cc2[N+](=O)[O-])C1. The van der Waals surface area contributed by atoms with Crippen molar-refractivity contribution in [3.05, 3.63) is 31.9 Å². The Labute approximate surface area is 106 Å². The second-order valence-electron chi connectivity index (χ2n) is 4.24. The number of halogens is 1. The Hall–Kier alpha value is -0.890. The molecule has 0 unspecified atom stereocenters. The highest BCUT2D eigenvalue weighted by Crippen LogP contribution is 2.35. The molecule has 1 fully saturated rings. The van der Waals surface area contributed by atoms with Crippen molar-refractivity contribution < 1.29 is 10.0 Å². The summed E-state index contributed by atoms with van der Waals surface area (Å²) >= 11 is 2.04. The molecule has 0 amide bonds. The first kappa shape index (κ1) is 11.6. The fourth-order valence-corrected chi connectivity index (χ4v) is 2.33. The Morgan fingerprint density at radius 3 is 2.69 bits per heavy atom. The van der Waals surface area contributed by atoms with Gasteiger partial charge in [0.15, 0.2) is 0 Å². The number of nitro benzene ring substituents is 1. The van der Waals surface area contributed by atoms with Crippen molar-refractivity contribution in [2.24, 2.45) is 0 Å². The fourth-order valence-electron chi connectivity index (χ4n) is 1.86. The van der Waals surface area contributed by atoms with E-state index < -0.39 is 5.60 Å². The molecule has 0 saturated carbocycles. The van der Waals surface area contributed by atoms with Crippen LogP contribution in [-0.4, -0.2) is 28.7 Å². The zero-order valence-electron chi connectivity index (χ0n) is 8.68. The largest absolute Gasteiger partial charge is 0.386 e. The number of rotatable bonds is 2. The molecule has 6 heteroatoms. The van der Waals surface area contributed by atoms with E-state index in [0.717, 1.165) is 3.57 Å². The monoisotopic (exact) mass is 334 g/mol. The molecule has 1 aliphatic rings. The summed E-state index contributed by atoms with van der Waals surface area (Å²) in [7, 11) is 0. The van der Waals surface area contributed by atoms with E-state index in [9.17, 15) is 15.2 Å². The molecule has 1 aromatic rings. The maximum atomic E-state index is 10.9. The van der Waals surface area contributed by atoms with Gasteiger partial charge in [-0.15, -0.1) is 0 Å². The Morgan fingerprint density at radius 1 is 1.56 bits per heavy atom. The summed E-state index contributed by atoms with van der Waals surface area (Å²) in [6, 6.07) is 5.11. The smallest absolute Gasteiger partial charge is 0.293 e. The minimum absolute atomic E-state index is 0.0994. The van der Waals surface area contributed by atoms with Gasteiger partial charge in [0.05, 0.1) is 10.5 Å². The van der Waals surface area contributed by atoms with Crippen molar-refractivity contribution in [1.82, 2.24) is 0 Å². The third kappa shape index (κ3) is 2.12. The van der Waals surface area contributed by atoms with Gasteiger partial charge in [0.2, 0.25) is 0 Å². The highest BCUT2D eigenvalue weighted by Gasteiger charge is 2.39. The normalized spacial score (nSPS) is 18.1. The van der Waals surface area contributed by atoms with Crippen LogP contribution in [0.2, 0.25) is 0 Å². The van der Waals surface area contributed by atoms with Crippen molar-refractivity contribution in [3.63, 3.8) is 0 Å². The van der Waals surface area contributed by atoms with Crippen LogP contribution in [0.1, 0.15) is 6.92 Å². The minimum Gasteiger partial charge on any atom is -0.386 e. The van der Waals surface area contributed by atoms with E-state index in [1.165, 1.54) is 0 Å². The van der Waals surface area contributed by atoms with Gasteiger partial charge in [-0.1, -0.05) is 0 Å². The third-order valence-electron chi connectivity index (χ3n) is 2.54. The van der Waals surface area contributed by atoms with Gasteiger partial charge in [-0.25, -0.2) is 0 Å². The van der Waals surface area contributed by atoms with E-state index in [0.29, 0.717) is 18.8 Å². The lowest BCUT2D eigenvalue weighted by Gasteiger charge is -2.45. The van der Waals surface area contributed by atoms with Crippen LogP contribution in [0.4, 0.5) is 11.4 Å². The van der Waals surface area contributed by atoms with Crippen LogP contribution < -0.4 is 4.90 Å². The first-order valence-corrected chi connectivity index (χ1v) is 5.88.